The van der Waals surface area contributed by atoms with Crippen LogP contribution in [0.25, 0.3) is 0 Å². The fourth-order valence-corrected chi connectivity index (χ4v) is 4.81. The van der Waals surface area contributed by atoms with E-state index in [2.05, 4.69) is 10.2 Å². The van der Waals surface area contributed by atoms with Crippen LogP contribution < -0.4 is 5.32 Å². The first-order valence-corrected chi connectivity index (χ1v) is 9.95. The average Bonchev–Trinajstić information content (AvgIpc) is 2.72. The number of hydrogen-bond acceptors (Lipinski definition) is 3. The van der Waals surface area contributed by atoms with Gasteiger partial charge in [-0.3, -0.25) is 19.8 Å². The molecule has 0 aromatic heterocycles. The van der Waals surface area contributed by atoms with Crippen LogP contribution in [0.15, 0.2) is 54.6 Å². The van der Waals surface area contributed by atoms with Gasteiger partial charge in [0.05, 0.1) is 5.41 Å². The van der Waals surface area contributed by atoms with Gasteiger partial charge in [0.2, 0.25) is 11.8 Å². The third-order valence-electron chi connectivity index (χ3n) is 6.33. The number of likely N-dealkylation sites (tertiary alicyclic amines) is 1. The molecule has 2 aliphatic heterocycles. The average molecular weight is 380 g/mol. The second-order valence-electron chi connectivity index (χ2n) is 7.86. The standard InChI is InChI=1S/C23H25FN2O2/c24-20-9-5-4-6-17(20)16-26-14-11-19(12-15-26)23(18-7-2-1-3-8-18)13-10-21(27)25-22(23)28/h1-9,19H,10-16H2,(H,25,27,28)/t23-/m1/s1. The molecule has 0 saturated carbocycles. The number of hydrogen-bond donors (Lipinski definition) is 1. The van der Waals surface area contributed by atoms with Gasteiger partial charge in [0.25, 0.3) is 0 Å². The van der Waals surface area contributed by atoms with Crippen LogP contribution in [0.1, 0.15) is 36.8 Å². The Balaban J connectivity index is 1.53. The van der Waals surface area contributed by atoms with Crippen LogP contribution in [0.4, 0.5) is 4.39 Å². The number of carbonyl (C=O) groups is 2. The monoisotopic (exact) mass is 380 g/mol. The molecule has 2 amide bonds. The second-order valence-corrected chi connectivity index (χ2v) is 7.86. The molecule has 2 heterocycles. The number of amides is 2. The largest absolute Gasteiger partial charge is 0.299 e. The van der Waals surface area contributed by atoms with Gasteiger partial charge in [0.1, 0.15) is 5.82 Å². The van der Waals surface area contributed by atoms with Crippen molar-refractivity contribution in [3.8, 4) is 0 Å². The summed E-state index contributed by atoms with van der Waals surface area (Å²) < 4.78 is 14.0. The van der Waals surface area contributed by atoms with Crippen LogP contribution in [0.2, 0.25) is 0 Å². The van der Waals surface area contributed by atoms with Crippen LogP contribution in [0.5, 0.6) is 0 Å². The highest BCUT2D eigenvalue weighted by Gasteiger charge is 2.50. The second kappa shape index (κ2) is 7.84. The number of imide groups is 1. The molecule has 1 N–H and O–H groups in total. The van der Waals surface area contributed by atoms with Crippen LogP contribution in [0.3, 0.4) is 0 Å². The highest BCUT2D eigenvalue weighted by atomic mass is 19.1. The van der Waals surface area contributed by atoms with E-state index in [1.807, 2.05) is 42.5 Å². The molecule has 4 nitrogen and oxygen atoms in total. The van der Waals surface area contributed by atoms with E-state index in [-0.39, 0.29) is 23.5 Å². The van der Waals surface area contributed by atoms with E-state index in [9.17, 15) is 14.0 Å². The molecular weight excluding hydrogens is 355 g/mol. The predicted octanol–water partition coefficient (Wildman–Crippen LogP) is 3.41. The van der Waals surface area contributed by atoms with E-state index in [0.717, 1.165) is 31.5 Å². The maximum absolute atomic E-state index is 14.0. The maximum atomic E-state index is 14.0. The molecule has 2 aromatic carbocycles. The summed E-state index contributed by atoms with van der Waals surface area (Å²) in [6.45, 7) is 2.21. The lowest BCUT2D eigenvalue weighted by Gasteiger charge is -2.45. The van der Waals surface area contributed by atoms with Gasteiger partial charge in [-0.25, -0.2) is 4.39 Å². The normalized spacial score (nSPS) is 24.2. The first kappa shape index (κ1) is 18.8. The van der Waals surface area contributed by atoms with Crippen molar-refractivity contribution in [3.63, 3.8) is 0 Å². The van der Waals surface area contributed by atoms with Gasteiger partial charge in [-0.1, -0.05) is 48.5 Å². The fourth-order valence-electron chi connectivity index (χ4n) is 4.81. The highest BCUT2D eigenvalue weighted by Crippen LogP contribution is 2.44. The third-order valence-corrected chi connectivity index (χ3v) is 6.33. The first-order valence-electron chi connectivity index (χ1n) is 9.95. The SMILES string of the molecule is O=C1CC[C@@](c2ccccc2)(C2CCN(Cc3ccccc3F)CC2)C(=O)N1. The molecular formula is C23H25FN2O2. The molecule has 0 aliphatic carbocycles. The van der Waals surface area contributed by atoms with Gasteiger partial charge in [0.15, 0.2) is 0 Å². The van der Waals surface area contributed by atoms with E-state index in [4.69, 9.17) is 0 Å². The zero-order valence-electron chi connectivity index (χ0n) is 15.9. The van der Waals surface area contributed by atoms with E-state index < -0.39 is 5.41 Å². The lowest BCUT2D eigenvalue weighted by Crippen LogP contribution is -2.57. The smallest absolute Gasteiger partial charge is 0.237 e. The van der Waals surface area contributed by atoms with E-state index in [1.54, 1.807) is 6.07 Å². The van der Waals surface area contributed by atoms with Crippen molar-refractivity contribution in [3.05, 3.63) is 71.5 Å². The number of nitrogens with one attached hydrogen (secondary N) is 1. The Bertz CT molecular complexity index is 862. The topological polar surface area (TPSA) is 49.4 Å². The molecule has 2 aliphatic rings. The van der Waals surface area contributed by atoms with Crippen LogP contribution in [0, 0.1) is 11.7 Å². The van der Waals surface area contributed by atoms with Crippen molar-refractivity contribution in [2.24, 2.45) is 5.92 Å². The molecule has 0 bridgehead atoms. The van der Waals surface area contributed by atoms with Crippen molar-refractivity contribution in [1.29, 1.82) is 0 Å². The molecule has 0 spiro atoms. The summed E-state index contributed by atoms with van der Waals surface area (Å²) in [6, 6.07) is 16.7. The van der Waals surface area contributed by atoms with Gasteiger partial charge in [-0.2, -0.15) is 0 Å². The van der Waals surface area contributed by atoms with Gasteiger partial charge in [-0.05, 0) is 49.9 Å². The van der Waals surface area contributed by atoms with Gasteiger partial charge in [0, 0.05) is 18.5 Å². The zero-order valence-corrected chi connectivity index (χ0v) is 15.9. The summed E-state index contributed by atoms with van der Waals surface area (Å²) in [4.78, 5) is 27.1. The van der Waals surface area contributed by atoms with E-state index in [0.29, 0.717) is 24.9 Å². The predicted molar refractivity (Wildman–Crippen MR) is 105 cm³/mol. The Morgan fingerprint density at radius 2 is 1.68 bits per heavy atom. The summed E-state index contributed by atoms with van der Waals surface area (Å²) >= 11 is 0. The molecule has 146 valence electrons. The number of rotatable bonds is 4. The van der Waals surface area contributed by atoms with Crippen molar-refractivity contribution >= 4 is 11.8 Å². The molecule has 5 heteroatoms. The molecule has 2 fully saturated rings. The Morgan fingerprint density at radius 1 is 1.00 bits per heavy atom. The Morgan fingerprint density at radius 3 is 2.36 bits per heavy atom. The lowest BCUT2D eigenvalue weighted by molar-refractivity contribution is -0.140. The van der Waals surface area contributed by atoms with E-state index in [1.165, 1.54) is 6.07 Å². The van der Waals surface area contributed by atoms with Crippen LogP contribution >= 0.6 is 0 Å². The molecule has 2 saturated heterocycles. The van der Waals surface area contributed by atoms with Crippen LogP contribution in [-0.2, 0) is 21.5 Å². The number of halogens is 1. The zero-order chi connectivity index (χ0) is 19.6. The Labute approximate surface area is 164 Å². The molecule has 28 heavy (non-hydrogen) atoms. The summed E-state index contributed by atoms with van der Waals surface area (Å²) in [6.07, 6.45) is 2.63. The maximum Gasteiger partial charge on any atom is 0.237 e. The molecule has 1 atom stereocenters. The third kappa shape index (κ3) is 3.47. The van der Waals surface area contributed by atoms with Gasteiger partial charge >= 0.3 is 0 Å². The number of nitrogens with zero attached hydrogens (tertiary/aromatic N) is 1. The molecule has 0 radical (unpaired) electrons. The van der Waals surface area contributed by atoms with Crippen molar-refractivity contribution in [2.45, 2.75) is 37.6 Å². The summed E-state index contributed by atoms with van der Waals surface area (Å²) in [5, 5.41) is 2.58. The minimum Gasteiger partial charge on any atom is -0.299 e. The van der Waals surface area contributed by atoms with Crippen molar-refractivity contribution in [1.82, 2.24) is 10.2 Å². The number of piperidine rings is 2. The number of benzene rings is 2. The van der Waals surface area contributed by atoms with Crippen LogP contribution in [-0.4, -0.2) is 29.8 Å². The summed E-state index contributed by atoms with van der Waals surface area (Å²) in [7, 11) is 0. The lowest BCUT2D eigenvalue weighted by atomic mass is 9.62. The Hall–Kier alpha value is -2.53. The molecule has 2 aromatic rings. The van der Waals surface area contributed by atoms with Crippen molar-refractivity contribution in [2.75, 3.05) is 13.1 Å². The number of carbonyl (C=O) groups excluding carboxylic acids is 2. The molecule has 4 rings (SSSR count). The minimum absolute atomic E-state index is 0.164. The molecule has 0 unspecified atom stereocenters. The summed E-state index contributed by atoms with van der Waals surface area (Å²) in [5.41, 5.74) is 1.05. The minimum atomic E-state index is -0.654. The van der Waals surface area contributed by atoms with E-state index >= 15 is 0 Å². The fraction of sp³-hybridized carbons (Fsp3) is 0.391. The van der Waals surface area contributed by atoms with Gasteiger partial charge in [-0.15, -0.1) is 0 Å². The quantitative estimate of drug-likeness (QED) is 0.827. The first-order chi connectivity index (χ1) is 13.6. The van der Waals surface area contributed by atoms with Gasteiger partial charge < -0.3 is 0 Å². The van der Waals surface area contributed by atoms with Crippen molar-refractivity contribution < 1.29 is 14.0 Å². The summed E-state index contributed by atoms with van der Waals surface area (Å²) in [5.74, 6) is -0.355. The Kier molecular flexibility index (Phi) is 5.27. The highest BCUT2D eigenvalue weighted by molar-refractivity contribution is 6.03.